The van der Waals surface area contributed by atoms with Crippen LogP contribution in [-0.2, 0) is 0 Å². The zero-order valence-electron chi connectivity index (χ0n) is 16.4. The Morgan fingerprint density at radius 3 is 1.60 bits per heavy atom. The van der Waals surface area contributed by atoms with Gasteiger partial charge in [-0.05, 0) is 96.4 Å². The Morgan fingerprint density at radius 2 is 0.933 bits per heavy atom. The first kappa shape index (κ1) is 16.0. The van der Waals surface area contributed by atoms with Crippen LogP contribution in [0.3, 0.4) is 0 Å². The first-order valence-electron chi connectivity index (χ1n) is 10.5. The van der Waals surface area contributed by atoms with Gasteiger partial charge >= 0.3 is 0 Å². The van der Waals surface area contributed by atoms with E-state index in [4.69, 9.17) is 0 Å². The maximum absolute atomic E-state index is 2.39. The summed E-state index contributed by atoms with van der Waals surface area (Å²) >= 11 is 0. The Labute approximate surface area is 175 Å². The molecule has 0 unspecified atom stereocenters. The van der Waals surface area contributed by atoms with E-state index >= 15 is 0 Å². The number of benzene rings is 5. The van der Waals surface area contributed by atoms with E-state index in [0.717, 1.165) is 0 Å². The van der Waals surface area contributed by atoms with Crippen LogP contribution in [0.25, 0.3) is 44.3 Å². The van der Waals surface area contributed by atoms with Gasteiger partial charge < -0.3 is 0 Å². The second kappa shape index (κ2) is 5.81. The highest BCUT2D eigenvalue weighted by molar-refractivity contribution is 6.32. The van der Waals surface area contributed by atoms with Crippen molar-refractivity contribution in [2.45, 2.75) is 0 Å². The van der Waals surface area contributed by atoms with Crippen LogP contribution in [0.15, 0.2) is 103 Å². The summed E-state index contributed by atoms with van der Waals surface area (Å²) < 4.78 is 0. The summed E-state index contributed by atoms with van der Waals surface area (Å²) in [6.07, 6.45) is 2.39. The van der Waals surface area contributed by atoms with E-state index in [-0.39, 0.29) is 0 Å². The van der Waals surface area contributed by atoms with Gasteiger partial charge in [0.15, 0.2) is 0 Å². The van der Waals surface area contributed by atoms with Crippen molar-refractivity contribution in [3.05, 3.63) is 131 Å². The molecule has 2 aliphatic rings. The first-order valence-corrected chi connectivity index (χ1v) is 10.5. The molecule has 2 aliphatic carbocycles. The molecule has 0 spiro atoms. The van der Waals surface area contributed by atoms with Crippen molar-refractivity contribution in [2.24, 2.45) is 0 Å². The molecule has 0 amide bonds. The predicted octanol–water partition coefficient (Wildman–Crippen LogP) is 7.82. The van der Waals surface area contributed by atoms with E-state index in [9.17, 15) is 0 Å². The lowest BCUT2D eigenvalue weighted by Crippen LogP contribution is -1.90. The largest absolute Gasteiger partial charge is 0.0622 e. The minimum absolute atomic E-state index is 1.29. The smallest absolute Gasteiger partial charge is 0.00139 e. The molecule has 0 heterocycles. The molecule has 0 saturated heterocycles. The quantitative estimate of drug-likeness (QED) is 0.279. The summed E-state index contributed by atoms with van der Waals surface area (Å²) in [5, 5.41) is 5.19. The molecule has 7 rings (SSSR count). The minimum Gasteiger partial charge on any atom is -0.0622 e. The molecule has 0 heteroatoms. The lowest BCUT2D eigenvalue weighted by Gasteiger charge is -2.11. The monoisotopic (exact) mass is 378 g/mol. The fourth-order valence-electron chi connectivity index (χ4n) is 5.16. The summed E-state index contributed by atoms with van der Waals surface area (Å²) in [6, 6.07) is 37.7. The van der Waals surface area contributed by atoms with Gasteiger partial charge in [-0.15, -0.1) is 0 Å². The Kier molecular flexibility index (Phi) is 3.09. The zero-order valence-corrected chi connectivity index (χ0v) is 16.4. The maximum Gasteiger partial charge on any atom is -0.00139 e. The van der Waals surface area contributed by atoms with Gasteiger partial charge in [0.2, 0.25) is 0 Å². The molecule has 5 aromatic carbocycles. The standard InChI is InChI=1S/C30H18/c1-2-8-19(9-3-1)29-27-17-23-13-7-6-12-22(23)16-26(27)28-18-24-14-20-10-4-5-11-21(20)15-25(24)30(28)29/h1-18H. The van der Waals surface area contributed by atoms with Crippen LogP contribution in [0, 0.1) is 0 Å². The highest BCUT2D eigenvalue weighted by Crippen LogP contribution is 2.55. The minimum atomic E-state index is 1.29. The first-order chi connectivity index (χ1) is 14.9. The van der Waals surface area contributed by atoms with Gasteiger partial charge in [-0.1, -0.05) is 78.9 Å². The van der Waals surface area contributed by atoms with E-state index in [1.54, 1.807) is 0 Å². The molecular formula is C30H18. The Hall–Kier alpha value is -3.90. The Balaban J connectivity index is 1.60. The molecular weight excluding hydrogens is 360 g/mol. The third-order valence-corrected chi connectivity index (χ3v) is 6.51. The molecule has 0 bridgehead atoms. The van der Waals surface area contributed by atoms with Crippen LogP contribution < -0.4 is 0 Å². The van der Waals surface area contributed by atoms with Crippen LogP contribution in [0.1, 0.15) is 27.8 Å². The average molecular weight is 378 g/mol. The van der Waals surface area contributed by atoms with E-state index in [1.807, 2.05) is 0 Å². The molecule has 0 fully saturated rings. The molecule has 138 valence electrons. The summed E-state index contributed by atoms with van der Waals surface area (Å²) in [4.78, 5) is 0. The average Bonchev–Trinajstić information content (AvgIpc) is 3.30. The van der Waals surface area contributed by atoms with Gasteiger partial charge in [-0.25, -0.2) is 0 Å². The van der Waals surface area contributed by atoms with E-state index in [0.29, 0.717) is 0 Å². The van der Waals surface area contributed by atoms with E-state index in [2.05, 4.69) is 109 Å². The van der Waals surface area contributed by atoms with Gasteiger partial charge in [-0.3, -0.25) is 0 Å². The van der Waals surface area contributed by atoms with Gasteiger partial charge in [0.25, 0.3) is 0 Å². The number of allylic oxidation sites excluding steroid dienone is 2. The van der Waals surface area contributed by atoms with E-state index < -0.39 is 0 Å². The van der Waals surface area contributed by atoms with Gasteiger partial charge in [0.1, 0.15) is 0 Å². The van der Waals surface area contributed by atoms with Crippen molar-refractivity contribution in [1.82, 2.24) is 0 Å². The third kappa shape index (κ3) is 2.11. The van der Waals surface area contributed by atoms with Crippen LogP contribution in [-0.4, -0.2) is 0 Å². The highest BCUT2D eigenvalue weighted by atomic mass is 14.4. The lowest BCUT2D eigenvalue weighted by atomic mass is 9.92. The molecule has 0 saturated carbocycles. The summed E-state index contributed by atoms with van der Waals surface area (Å²) in [6.45, 7) is 0. The molecule has 0 N–H and O–H groups in total. The highest BCUT2D eigenvalue weighted by Gasteiger charge is 2.33. The van der Waals surface area contributed by atoms with Crippen LogP contribution in [0.5, 0.6) is 0 Å². The van der Waals surface area contributed by atoms with Crippen molar-refractivity contribution in [3.8, 4) is 0 Å². The van der Waals surface area contributed by atoms with Crippen LogP contribution in [0.2, 0.25) is 0 Å². The summed E-state index contributed by atoms with van der Waals surface area (Å²) in [5.41, 5.74) is 10.8. The number of fused-ring (bicyclic) bond motifs is 7. The van der Waals surface area contributed by atoms with Crippen molar-refractivity contribution >= 4 is 44.3 Å². The van der Waals surface area contributed by atoms with Crippen LogP contribution >= 0.6 is 0 Å². The van der Waals surface area contributed by atoms with Crippen molar-refractivity contribution < 1.29 is 0 Å². The third-order valence-electron chi connectivity index (χ3n) is 6.51. The zero-order chi connectivity index (χ0) is 19.7. The molecule has 5 aromatic rings. The molecule has 0 atom stereocenters. The fourth-order valence-corrected chi connectivity index (χ4v) is 5.16. The normalized spacial score (nSPS) is 14.1. The van der Waals surface area contributed by atoms with Gasteiger partial charge in [-0.2, -0.15) is 0 Å². The van der Waals surface area contributed by atoms with Gasteiger partial charge in [0, 0.05) is 0 Å². The van der Waals surface area contributed by atoms with Gasteiger partial charge in [0.05, 0.1) is 0 Å². The molecule has 0 aromatic heterocycles. The topological polar surface area (TPSA) is 0 Å². The number of hydrogen-bond acceptors (Lipinski definition) is 0. The van der Waals surface area contributed by atoms with Crippen LogP contribution in [0.4, 0.5) is 0 Å². The molecule has 30 heavy (non-hydrogen) atoms. The SMILES string of the molecule is C1=C2C(=C(c3ccccc3)c3cc4ccccc4cc32)c2cc3ccccc3cc21. The number of rotatable bonds is 1. The predicted molar refractivity (Wildman–Crippen MR) is 128 cm³/mol. The second-order valence-corrected chi connectivity index (χ2v) is 8.21. The van der Waals surface area contributed by atoms with Crippen molar-refractivity contribution in [1.29, 1.82) is 0 Å². The molecule has 0 nitrogen and oxygen atoms in total. The van der Waals surface area contributed by atoms with Crippen molar-refractivity contribution in [3.63, 3.8) is 0 Å². The molecule has 0 aliphatic heterocycles. The van der Waals surface area contributed by atoms with Crippen molar-refractivity contribution in [2.75, 3.05) is 0 Å². The Morgan fingerprint density at radius 1 is 0.400 bits per heavy atom. The fraction of sp³-hybridized carbons (Fsp3) is 0. The lowest BCUT2D eigenvalue weighted by molar-refractivity contribution is 1.57. The summed E-state index contributed by atoms with van der Waals surface area (Å²) in [7, 11) is 0. The number of hydrogen-bond donors (Lipinski definition) is 0. The Bertz CT molecular complexity index is 1560. The second-order valence-electron chi connectivity index (χ2n) is 8.21. The summed E-state index contributed by atoms with van der Waals surface area (Å²) in [5.74, 6) is 0. The maximum atomic E-state index is 2.39. The van der Waals surface area contributed by atoms with E-state index in [1.165, 1.54) is 66.1 Å². The molecule has 0 radical (unpaired) electrons.